The molecule has 0 saturated heterocycles. The summed E-state index contributed by atoms with van der Waals surface area (Å²) in [5.74, 6) is 1.19. The Bertz CT molecular complexity index is 626. The molecule has 1 aromatic carbocycles. The molecule has 0 saturated carbocycles. The Morgan fingerprint density at radius 1 is 1.33 bits per heavy atom. The van der Waals surface area contributed by atoms with E-state index in [0.717, 1.165) is 10.9 Å². The molecule has 0 radical (unpaired) electrons. The van der Waals surface area contributed by atoms with E-state index < -0.39 is 0 Å². The number of benzene rings is 1. The minimum absolute atomic E-state index is 0.0362. The number of carbonyl (C=O) groups excluding carboxylic acids is 1. The topological polar surface area (TPSA) is 92.9 Å². The van der Waals surface area contributed by atoms with Crippen LogP contribution in [-0.2, 0) is 4.79 Å². The quantitative estimate of drug-likeness (QED) is 0.704. The van der Waals surface area contributed by atoms with Crippen molar-refractivity contribution in [2.45, 2.75) is 20.3 Å². The molecule has 1 heterocycles. The minimum atomic E-state index is 0.0362. The molecular formula is C15H21N5O. The van der Waals surface area contributed by atoms with Gasteiger partial charge in [0.25, 0.3) is 0 Å². The second kappa shape index (κ2) is 6.88. The Morgan fingerprint density at radius 2 is 2.14 bits per heavy atom. The first-order valence-electron chi connectivity index (χ1n) is 7.07. The average Bonchev–Trinajstić information content (AvgIpc) is 2.45. The molecule has 2 rings (SSSR count). The van der Waals surface area contributed by atoms with E-state index in [1.54, 1.807) is 6.07 Å². The summed E-state index contributed by atoms with van der Waals surface area (Å²) in [6.45, 7) is 5.35. The van der Waals surface area contributed by atoms with Crippen LogP contribution < -0.4 is 16.4 Å². The van der Waals surface area contributed by atoms with Gasteiger partial charge in [0.1, 0.15) is 12.1 Å². The summed E-state index contributed by atoms with van der Waals surface area (Å²) in [7, 11) is 0. The van der Waals surface area contributed by atoms with Crippen molar-refractivity contribution in [3.05, 3.63) is 24.5 Å². The molecule has 0 aliphatic heterocycles. The molecule has 0 aliphatic rings. The van der Waals surface area contributed by atoms with E-state index in [1.165, 1.54) is 6.33 Å². The van der Waals surface area contributed by atoms with Crippen molar-refractivity contribution in [2.24, 2.45) is 5.92 Å². The highest BCUT2D eigenvalue weighted by molar-refractivity contribution is 5.91. The highest BCUT2D eigenvalue weighted by Gasteiger charge is 2.06. The van der Waals surface area contributed by atoms with Gasteiger partial charge >= 0.3 is 0 Å². The molecular weight excluding hydrogens is 266 g/mol. The largest absolute Gasteiger partial charge is 0.399 e. The predicted molar refractivity (Wildman–Crippen MR) is 84.9 cm³/mol. The van der Waals surface area contributed by atoms with Gasteiger partial charge in [0.2, 0.25) is 5.91 Å². The van der Waals surface area contributed by atoms with Gasteiger partial charge in [-0.3, -0.25) is 4.79 Å². The number of amides is 1. The SMILES string of the molecule is CC(C)CNC(=O)CCNc1ncnc2ccc(N)cc12. The Balaban J connectivity index is 1.94. The van der Waals surface area contributed by atoms with E-state index in [4.69, 9.17) is 5.73 Å². The molecule has 0 fully saturated rings. The van der Waals surface area contributed by atoms with E-state index in [-0.39, 0.29) is 5.91 Å². The number of carbonyl (C=O) groups is 1. The number of nitrogens with two attached hydrogens (primary N) is 1. The van der Waals surface area contributed by atoms with Crippen molar-refractivity contribution >= 4 is 28.3 Å². The van der Waals surface area contributed by atoms with Crippen molar-refractivity contribution < 1.29 is 4.79 Å². The van der Waals surface area contributed by atoms with Gasteiger partial charge in [0.05, 0.1) is 5.52 Å². The zero-order valence-corrected chi connectivity index (χ0v) is 12.4. The lowest BCUT2D eigenvalue weighted by Crippen LogP contribution is -2.28. The van der Waals surface area contributed by atoms with E-state index >= 15 is 0 Å². The standard InChI is InChI=1S/C15H21N5O/c1-10(2)8-18-14(21)5-6-17-15-12-7-11(16)3-4-13(12)19-9-20-15/h3-4,7,9-10H,5-6,8,16H2,1-2H3,(H,18,21)(H,17,19,20). The van der Waals surface area contributed by atoms with Crippen LogP contribution in [0.25, 0.3) is 10.9 Å². The lowest BCUT2D eigenvalue weighted by Gasteiger charge is -2.10. The van der Waals surface area contributed by atoms with Crippen molar-refractivity contribution in [1.29, 1.82) is 0 Å². The van der Waals surface area contributed by atoms with Gasteiger partial charge in [0.15, 0.2) is 0 Å². The first-order chi connectivity index (χ1) is 10.1. The molecule has 0 spiro atoms. The van der Waals surface area contributed by atoms with Crippen LogP contribution in [0.1, 0.15) is 20.3 Å². The van der Waals surface area contributed by atoms with E-state index in [2.05, 4.69) is 34.4 Å². The molecule has 0 unspecified atom stereocenters. The Kier molecular flexibility index (Phi) is 4.92. The maximum absolute atomic E-state index is 11.7. The number of nitrogens with zero attached hydrogens (tertiary/aromatic N) is 2. The number of hydrogen-bond donors (Lipinski definition) is 3. The summed E-state index contributed by atoms with van der Waals surface area (Å²) in [6, 6.07) is 5.49. The number of nitrogen functional groups attached to an aromatic ring is 1. The van der Waals surface area contributed by atoms with Gasteiger partial charge in [-0.1, -0.05) is 13.8 Å². The van der Waals surface area contributed by atoms with Crippen molar-refractivity contribution in [3.63, 3.8) is 0 Å². The van der Waals surface area contributed by atoms with Gasteiger partial charge in [-0.15, -0.1) is 0 Å². The van der Waals surface area contributed by atoms with E-state index in [9.17, 15) is 4.79 Å². The van der Waals surface area contributed by atoms with Crippen LogP contribution in [0.4, 0.5) is 11.5 Å². The summed E-state index contributed by atoms with van der Waals surface area (Å²) in [5.41, 5.74) is 7.28. The number of fused-ring (bicyclic) bond motifs is 1. The average molecular weight is 287 g/mol. The first-order valence-corrected chi connectivity index (χ1v) is 7.07. The number of hydrogen-bond acceptors (Lipinski definition) is 5. The summed E-state index contributed by atoms with van der Waals surface area (Å²) in [5, 5.41) is 6.91. The maximum atomic E-state index is 11.7. The summed E-state index contributed by atoms with van der Waals surface area (Å²) < 4.78 is 0. The number of nitrogens with one attached hydrogen (secondary N) is 2. The van der Waals surface area contributed by atoms with E-state index in [0.29, 0.717) is 36.9 Å². The molecule has 0 aliphatic carbocycles. The highest BCUT2D eigenvalue weighted by atomic mass is 16.1. The van der Waals surface area contributed by atoms with Crippen LogP contribution >= 0.6 is 0 Å². The molecule has 1 aromatic heterocycles. The monoisotopic (exact) mass is 287 g/mol. The molecule has 21 heavy (non-hydrogen) atoms. The molecule has 0 bridgehead atoms. The molecule has 6 heteroatoms. The molecule has 2 aromatic rings. The zero-order chi connectivity index (χ0) is 15.2. The molecule has 112 valence electrons. The van der Waals surface area contributed by atoms with Gasteiger partial charge < -0.3 is 16.4 Å². The Morgan fingerprint density at radius 3 is 2.90 bits per heavy atom. The van der Waals surface area contributed by atoms with Crippen LogP contribution in [0.15, 0.2) is 24.5 Å². The predicted octanol–water partition coefficient (Wildman–Crippen LogP) is 1.79. The summed E-state index contributed by atoms with van der Waals surface area (Å²) in [6.07, 6.45) is 1.90. The molecule has 6 nitrogen and oxygen atoms in total. The third-order valence-electron chi connectivity index (χ3n) is 3.01. The van der Waals surface area contributed by atoms with Crippen molar-refractivity contribution in [1.82, 2.24) is 15.3 Å². The summed E-state index contributed by atoms with van der Waals surface area (Å²) >= 11 is 0. The highest BCUT2D eigenvalue weighted by Crippen LogP contribution is 2.21. The van der Waals surface area contributed by atoms with Crippen LogP contribution in [0.2, 0.25) is 0 Å². The fraction of sp³-hybridized carbons (Fsp3) is 0.400. The van der Waals surface area contributed by atoms with Crippen LogP contribution in [-0.4, -0.2) is 29.0 Å². The molecule has 1 amide bonds. The smallest absolute Gasteiger partial charge is 0.221 e. The Hall–Kier alpha value is -2.37. The fourth-order valence-corrected chi connectivity index (χ4v) is 1.92. The third kappa shape index (κ3) is 4.30. The minimum Gasteiger partial charge on any atom is -0.399 e. The first kappa shape index (κ1) is 15.0. The summed E-state index contributed by atoms with van der Waals surface area (Å²) in [4.78, 5) is 20.1. The van der Waals surface area contributed by atoms with Crippen molar-refractivity contribution in [3.8, 4) is 0 Å². The third-order valence-corrected chi connectivity index (χ3v) is 3.01. The lowest BCUT2D eigenvalue weighted by molar-refractivity contribution is -0.120. The number of anilines is 2. The maximum Gasteiger partial charge on any atom is 0.221 e. The lowest BCUT2D eigenvalue weighted by atomic mass is 10.2. The molecule has 0 atom stereocenters. The van der Waals surface area contributed by atoms with Gasteiger partial charge in [-0.2, -0.15) is 0 Å². The van der Waals surface area contributed by atoms with Crippen LogP contribution in [0.5, 0.6) is 0 Å². The fourth-order valence-electron chi connectivity index (χ4n) is 1.92. The second-order valence-corrected chi connectivity index (χ2v) is 5.37. The van der Waals surface area contributed by atoms with E-state index in [1.807, 2.05) is 12.1 Å². The second-order valence-electron chi connectivity index (χ2n) is 5.37. The van der Waals surface area contributed by atoms with Gasteiger partial charge in [-0.25, -0.2) is 9.97 Å². The molecule has 4 N–H and O–H groups in total. The Labute approximate surface area is 124 Å². The number of rotatable bonds is 6. The van der Waals surface area contributed by atoms with Gasteiger partial charge in [0, 0.05) is 30.6 Å². The van der Waals surface area contributed by atoms with Crippen LogP contribution in [0, 0.1) is 5.92 Å². The van der Waals surface area contributed by atoms with Gasteiger partial charge in [-0.05, 0) is 24.1 Å². The van der Waals surface area contributed by atoms with Crippen LogP contribution in [0.3, 0.4) is 0 Å². The zero-order valence-electron chi connectivity index (χ0n) is 12.4. The normalized spacial score (nSPS) is 10.8. The number of aromatic nitrogens is 2. The van der Waals surface area contributed by atoms with Crippen molar-refractivity contribution in [2.75, 3.05) is 24.1 Å².